The maximum Gasteiger partial charge on any atom is 0.255 e. The molecule has 0 spiro atoms. The second kappa shape index (κ2) is 9.45. The zero-order valence-corrected chi connectivity index (χ0v) is 16.7. The predicted octanol–water partition coefficient (Wildman–Crippen LogP) is 3.46. The number of rotatable bonds is 8. The van der Waals surface area contributed by atoms with Crippen molar-refractivity contribution in [1.29, 1.82) is 0 Å². The third-order valence-corrected chi connectivity index (χ3v) is 4.97. The topological polar surface area (TPSA) is 83.5 Å². The molecule has 0 aliphatic heterocycles. The van der Waals surface area contributed by atoms with E-state index in [0.29, 0.717) is 30.1 Å². The van der Waals surface area contributed by atoms with Gasteiger partial charge in [0.15, 0.2) is 0 Å². The van der Waals surface area contributed by atoms with Crippen molar-refractivity contribution in [3.05, 3.63) is 64.0 Å². The average Bonchev–Trinajstić information content (AvgIpc) is 3.14. The van der Waals surface area contributed by atoms with Crippen molar-refractivity contribution in [2.45, 2.75) is 13.5 Å². The van der Waals surface area contributed by atoms with Gasteiger partial charge < -0.3 is 20.5 Å². The molecule has 6 nitrogen and oxygen atoms in total. The van der Waals surface area contributed by atoms with Crippen LogP contribution in [0.1, 0.15) is 20.9 Å². The predicted molar refractivity (Wildman–Crippen MR) is 112 cm³/mol. The first-order valence-corrected chi connectivity index (χ1v) is 9.81. The summed E-state index contributed by atoms with van der Waals surface area (Å²) in [5, 5.41) is 18.0. The molecule has 0 fully saturated rings. The molecular weight excluding hydrogens is 374 g/mol. The smallest absolute Gasteiger partial charge is 0.255 e. The van der Waals surface area contributed by atoms with Crippen LogP contribution >= 0.6 is 11.3 Å². The molecule has 1 aromatic heterocycles. The van der Waals surface area contributed by atoms with E-state index in [1.165, 1.54) is 0 Å². The molecule has 0 bridgehead atoms. The highest BCUT2D eigenvalue weighted by Crippen LogP contribution is 2.25. The van der Waals surface area contributed by atoms with Crippen molar-refractivity contribution >= 4 is 22.9 Å². The van der Waals surface area contributed by atoms with Crippen molar-refractivity contribution in [2.24, 2.45) is 0 Å². The van der Waals surface area contributed by atoms with Crippen molar-refractivity contribution in [1.82, 2.24) is 10.3 Å². The van der Waals surface area contributed by atoms with Crippen molar-refractivity contribution in [2.75, 3.05) is 25.6 Å². The van der Waals surface area contributed by atoms with E-state index < -0.39 is 0 Å². The zero-order valence-electron chi connectivity index (χ0n) is 15.9. The van der Waals surface area contributed by atoms with Crippen LogP contribution in [0.4, 0.5) is 5.69 Å². The third-order valence-electron chi connectivity index (χ3n) is 4.20. The molecule has 2 aromatic carbocycles. The molecule has 0 atom stereocenters. The van der Waals surface area contributed by atoms with Crippen molar-refractivity contribution < 1.29 is 14.6 Å². The molecule has 3 rings (SSSR count). The Labute approximate surface area is 168 Å². The number of hydrogen-bond donors (Lipinski definition) is 3. The first-order valence-electron chi connectivity index (χ1n) is 8.93. The van der Waals surface area contributed by atoms with Gasteiger partial charge in [-0.3, -0.25) is 4.79 Å². The van der Waals surface area contributed by atoms with E-state index in [2.05, 4.69) is 15.6 Å². The number of nitrogens with one attached hydrogen (secondary N) is 2. The van der Waals surface area contributed by atoms with Crippen molar-refractivity contribution in [3.63, 3.8) is 0 Å². The molecule has 3 N–H and O–H groups in total. The van der Waals surface area contributed by atoms with Gasteiger partial charge in [-0.2, -0.15) is 0 Å². The van der Waals surface area contributed by atoms with Crippen LogP contribution in [0.5, 0.6) is 5.75 Å². The lowest BCUT2D eigenvalue weighted by Crippen LogP contribution is -2.21. The average molecular weight is 398 g/mol. The van der Waals surface area contributed by atoms with E-state index in [9.17, 15) is 4.79 Å². The van der Waals surface area contributed by atoms with Gasteiger partial charge in [0.25, 0.3) is 5.91 Å². The summed E-state index contributed by atoms with van der Waals surface area (Å²) < 4.78 is 5.27. The first kappa shape index (κ1) is 20.0. The minimum Gasteiger partial charge on any atom is -0.497 e. The molecule has 1 amide bonds. The van der Waals surface area contributed by atoms with Crippen LogP contribution in [0, 0.1) is 6.92 Å². The fraction of sp³-hybridized carbons (Fsp3) is 0.238. The van der Waals surface area contributed by atoms with Gasteiger partial charge >= 0.3 is 0 Å². The maximum absolute atomic E-state index is 12.9. The number of aromatic nitrogens is 1. The SMILES string of the molecule is COc1ccc(C(=O)Nc2cccc(-c3csc(C)n3)c2)c(CNCCO)c1. The monoisotopic (exact) mass is 397 g/mol. The first-order chi connectivity index (χ1) is 13.6. The van der Waals surface area contributed by atoms with Crippen LogP contribution in [-0.2, 0) is 6.54 Å². The molecule has 0 saturated heterocycles. The number of methoxy groups -OCH3 is 1. The minimum absolute atomic E-state index is 0.0361. The molecule has 3 aromatic rings. The van der Waals surface area contributed by atoms with E-state index in [0.717, 1.165) is 21.8 Å². The van der Waals surface area contributed by atoms with Gasteiger partial charge in [-0.05, 0) is 42.8 Å². The molecule has 146 valence electrons. The Morgan fingerprint density at radius 1 is 1.25 bits per heavy atom. The summed E-state index contributed by atoms with van der Waals surface area (Å²) in [4.78, 5) is 17.4. The van der Waals surface area contributed by atoms with Crippen LogP contribution in [0.15, 0.2) is 47.8 Å². The van der Waals surface area contributed by atoms with E-state index >= 15 is 0 Å². The van der Waals surface area contributed by atoms with Crippen LogP contribution in [-0.4, -0.2) is 36.3 Å². The second-order valence-corrected chi connectivity index (χ2v) is 7.27. The standard InChI is InChI=1S/C21H23N3O3S/c1-14-23-20(13-28-14)15-4-3-5-17(10-15)24-21(26)19-7-6-18(27-2)11-16(19)12-22-8-9-25/h3-7,10-11,13,22,25H,8-9,12H2,1-2H3,(H,24,26). The summed E-state index contributed by atoms with van der Waals surface area (Å²) in [6.45, 7) is 2.91. The summed E-state index contributed by atoms with van der Waals surface area (Å²) in [5.41, 5.74) is 3.93. The van der Waals surface area contributed by atoms with Gasteiger partial charge in [0.1, 0.15) is 5.75 Å². The Kier molecular flexibility index (Phi) is 6.76. The van der Waals surface area contributed by atoms with Crippen LogP contribution in [0.3, 0.4) is 0 Å². The molecule has 0 unspecified atom stereocenters. The number of carbonyl (C=O) groups excluding carboxylic acids is 1. The Morgan fingerprint density at radius 2 is 2.11 bits per heavy atom. The van der Waals surface area contributed by atoms with E-state index in [4.69, 9.17) is 9.84 Å². The lowest BCUT2D eigenvalue weighted by atomic mass is 10.1. The molecule has 0 aliphatic rings. The number of amides is 1. The molecular formula is C21H23N3O3S. The normalized spacial score (nSPS) is 10.7. The number of thiazole rings is 1. The van der Waals surface area contributed by atoms with Crippen LogP contribution in [0.25, 0.3) is 11.3 Å². The maximum atomic E-state index is 12.9. The largest absolute Gasteiger partial charge is 0.497 e. The highest BCUT2D eigenvalue weighted by molar-refractivity contribution is 7.09. The molecule has 7 heteroatoms. The third kappa shape index (κ3) is 4.95. The number of nitrogens with zero attached hydrogens (tertiary/aromatic N) is 1. The van der Waals surface area contributed by atoms with Gasteiger partial charge in [-0.1, -0.05) is 12.1 Å². The number of aliphatic hydroxyl groups is 1. The Hall–Kier alpha value is -2.74. The summed E-state index contributed by atoms with van der Waals surface area (Å²) in [5.74, 6) is 0.480. The fourth-order valence-corrected chi connectivity index (χ4v) is 3.44. The van der Waals surface area contributed by atoms with Gasteiger partial charge in [0.2, 0.25) is 0 Å². The Morgan fingerprint density at radius 3 is 2.82 bits per heavy atom. The summed E-state index contributed by atoms with van der Waals surface area (Å²) >= 11 is 1.60. The summed E-state index contributed by atoms with van der Waals surface area (Å²) in [7, 11) is 1.59. The molecule has 0 saturated carbocycles. The summed E-state index contributed by atoms with van der Waals surface area (Å²) in [6.07, 6.45) is 0. The quantitative estimate of drug-likeness (QED) is 0.507. The highest BCUT2D eigenvalue weighted by atomic mass is 32.1. The molecule has 0 aliphatic carbocycles. The van der Waals surface area contributed by atoms with E-state index in [1.807, 2.05) is 42.6 Å². The number of aryl methyl sites for hydroxylation is 1. The second-order valence-electron chi connectivity index (χ2n) is 6.21. The number of ether oxygens (including phenoxy) is 1. The highest BCUT2D eigenvalue weighted by Gasteiger charge is 2.13. The van der Waals surface area contributed by atoms with Gasteiger partial charge in [0.05, 0.1) is 24.4 Å². The van der Waals surface area contributed by atoms with Crippen LogP contribution in [0.2, 0.25) is 0 Å². The summed E-state index contributed by atoms with van der Waals surface area (Å²) in [6, 6.07) is 13.0. The van der Waals surface area contributed by atoms with E-state index in [-0.39, 0.29) is 12.5 Å². The lowest BCUT2D eigenvalue weighted by Gasteiger charge is -2.13. The van der Waals surface area contributed by atoms with Gasteiger partial charge in [0, 0.05) is 35.3 Å². The number of hydrogen-bond acceptors (Lipinski definition) is 6. The lowest BCUT2D eigenvalue weighted by molar-refractivity contribution is 0.102. The minimum atomic E-state index is -0.199. The molecule has 0 radical (unpaired) electrons. The van der Waals surface area contributed by atoms with Gasteiger partial charge in [-0.25, -0.2) is 4.98 Å². The number of aliphatic hydroxyl groups excluding tert-OH is 1. The van der Waals surface area contributed by atoms with Crippen LogP contribution < -0.4 is 15.4 Å². The molecule has 1 heterocycles. The molecule has 28 heavy (non-hydrogen) atoms. The van der Waals surface area contributed by atoms with E-state index in [1.54, 1.807) is 30.6 Å². The van der Waals surface area contributed by atoms with Gasteiger partial charge in [-0.15, -0.1) is 11.3 Å². The Bertz CT molecular complexity index is 956. The fourth-order valence-electron chi connectivity index (χ4n) is 2.82. The number of carbonyl (C=O) groups is 1. The van der Waals surface area contributed by atoms with Crippen molar-refractivity contribution in [3.8, 4) is 17.0 Å². The Balaban J connectivity index is 1.80. The zero-order chi connectivity index (χ0) is 19.9. The number of benzene rings is 2. The number of anilines is 1.